The molecular weight excluding hydrogens is 204 g/mol. The summed E-state index contributed by atoms with van der Waals surface area (Å²) in [5.41, 5.74) is 2.16. The fourth-order valence-electron chi connectivity index (χ4n) is 1.79. The van der Waals surface area contributed by atoms with Gasteiger partial charge in [0.05, 0.1) is 13.2 Å². The third-order valence-corrected chi connectivity index (χ3v) is 2.60. The Bertz CT molecular complexity index is 435. The first-order chi connectivity index (χ1) is 7.69. The highest BCUT2D eigenvalue weighted by Gasteiger charge is 2.23. The zero-order valence-electron chi connectivity index (χ0n) is 9.40. The summed E-state index contributed by atoms with van der Waals surface area (Å²) in [7, 11) is 1.57. The van der Waals surface area contributed by atoms with Crippen LogP contribution < -0.4 is 0 Å². The van der Waals surface area contributed by atoms with Crippen molar-refractivity contribution in [2.24, 2.45) is 0 Å². The molecule has 0 N–H and O–H groups in total. The van der Waals surface area contributed by atoms with Gasteiger partial charge in [0.15, 0.2) is 0 Å². The number of benzene rings is 1. The molecule has 1 unspecified atom stereocenters. The van der Waals surface area contributed by atoms with Crippen molar-refractivity contribution in [3.05, 3.63) is 47.2 Å². The van der Waals surface area contributed by atoms with E-state index in [1.807, 2.05) is 31.2 Å². The number of ether oxygens (including phenoxy) is 2. The van der Waals surface area contributed by atoms with Crippen molar-refractivity contribution in [3.8, 4) is 0 Å². The lowest BCUT2D eigenvalue weighted by molar-refractivity contribution is -0.145. The average Bonchev–Trinajstić information content (AvgIpc) is 2.28. The molecule has 0 bridgehead atoms. The van der Waals surface area contributed by atoms with Crippen LogP contribution in [0, 0.1) is 6.92 Å². The second-order valence-corrected chi connectivity index (χ2v) is 3.86. The molecule has 84 valence electrons. The fraction of sp³-hybridized carbons (Fsp3) is 0.308. The summed E-state index contributed by atoms with van der Waals surface area (Å²) in [5.74, 6) is 0.331. The Kier molecular flexibility index (Phi) is 2.95. The Balaban J connectivity index is 2.23. The zero-order chi connectivity index (χ0) is 11.5. The molecule has 0 aromatic heterocycles. The Morgan fingerprint density at radius 1 is 1.44 bits per heavy atom. The summed E-state index contributed by atoms with van der Waals surface area (Å²) in [4.78, 5) is 11.3. The Hall–Kier alpha value is -1.77. The van der Waals surface area contributed by atoms with Gasteiger partial charge >= 0.3 is 5.97 Å². The highest BCUT2D eigenvalue weighted by atomic mass is 16.5. The molecule has 0 saturated carbocycles. The molecule has 1 heterocycles. The third kappa shape index (κ3) is 2.24. The van der Waals surface area contributed by atoms with Crippen LogP contribution in [0.4, 0.5) is 0 Å². The minimum atomic E-state index is -0.338. The van der Waals surface area contributed by atoms with E-state index in [9.17, 15) is 4.79 Å². The lowest BCUT2D eigenvalue weighted by atomic mass is 10.0. The van der Waals surface area contributed by atoms with Gasteiger partial charge in [-0.25, -0.2) is 4.79 Å². The molecule has 1 atom stereocenters. The van der Waals surface area contributed by atoms with Crippen molar-refractivity contribution in [2.45, 2.75) is 19.4 Å². The van der Waals surface area contributed by atoms with Gasteiger partial charge < -0.3 is 9.47 Å². The molecular formula is C13H14O3. The van der Waals surface area contributed by atoms with Gasteiger partial charge in [0.25, 0.3) is 0 Å². The minimum Gasteiger partial charge on any atom is -0.501 e. The SMILES string of the molecule is COC1=CC(=O)OC(c2cccc(C)c2)C1. The van der Waals surface area contributed by atoms with Crippen LogP contribution in [0.1, 0.15) is 23.7 Å². The number of carbonyl (C=O) groups is 1. The quantitative estimate of drug-likeness (QED) is 0.715. The lowest BCUT2D eigenvalue weighted by Gasteiger charge is -2.22. The van der Waals surface area contributed by atoms with E-state index < -0.39 is 0 Å². The fourth-order valence-corrected chi connectivity index (χ4v) is 1.79. The van der Waals surface area contributed by atoms with Gasteiger partial charge in [0.2, 0.25) is 0 Å². The van der Waals surface area contributed by atoms with E-state index in [4.69, 9.17) is 9.47 Å². The maximum atomic E-state index is 11.3. The van der Waals surface area contributed by atoms with Gasteiger partial charge in [0.1, 0.15) is 11.9 Å². The largest absolute Gasteiger partial charge is 0.501 e. The van der Waals surface area contributed by atoms with Gasteiger partial charge in [0, 0.05) is 6.42 Å². The van der Waals surface area contributed by atoms with E-state index in [1.165, 1.54) is 6.08 Å². The summed E-state index contributed by atoms with van der Waals surface area (Å²) < 4.78 is 10.4. The number of rotatable bonds is 2. The summed E-state index contributed by atoms with van der Waals surface area (Å²) in [5, 5.41) is 0. The van der Waals surface area contributed by atoms with E-state index in [0.29, 0.717) is 12.2 Å². The normalized spacial score (nSPS) is 20.0. The molecule has 0 amide bonds. The molecule has 1 aliphatic heterocycles. The molecule has 1 aromatic carbocycles. The average molecular weight is 218 g/mol. The number of carbonyl (C=O) groups excluding carboxylic acids is 1. The lowest BCUT2D eigenvalue weighted by Crippen LogP contribution is -2.16. The number of hydrogen-bond donors (Lipinski definition) is 0. The van der Waals surface area contributed by atoms with Crippen LogP contribution in [0.25, 0.3) is 0 Å². The Morgan fingerprint density at radius 3 is 2.94 bits per heavy atom. The van der Waals surface area contributed by atoms with Gasteiger partial charge in [-0.15, -0.1) is 0 Å². The molecule has 0 fully saturated rings. The number of hydrogen-bond acceptors (Lipinski definition) is 3. The van der Waals surface area contributed by atoms with Crippen LogP contribution in [-0.4, -0.2) is 13.1 Å². The standard InChI is InChI=1S/C13H14O3/c1-9-4-3-5-10(6-9)12-7-11(15-2)8-13(14)16-12/h3-6,8,12H,7H2,1-2H3. The topological polar surface area (TPSA) is 35.5 Å². The zero-order valence-corrected chi connectivity index (χ0v) is 9.40. The first-order valence-electron chi connectivity index (χ1n) is 5.21. The van der Waals surface area contributed by atoms with Crippen molar-refractivity contribution in [1.29, 1.82) is 0 Å². The van der Waals surface area contributed by atoms with Gasteiger partial charge in [-0.05, 0) is 12.5 Å². The van der Waals surface area contributed by atoms with E-state index in [-0.39, 0.29) is 12.1 Å². The van der Waals surface area contributed by atoms with E-state index in [0.717, 1.165) is 11.1 Å². The maximum Gasteiger partial charge on any atom is 0.334 e. The molecule has 1 aromatic rings. The van der Waals surface area contributed by atoms with E-state index >= 15 is 0 Å². The van der Waals surface area contributed by atoms with Crippen molar-refractivity contribution < 1.29 is 14.3 Å². The molecule has 16 heavy (non-hydrogen) atoms. The number of methoxy groups -OCH3 is 1. The minimum absolute atomic E-state index is 0.229. The molecule has 0 aliphatic carbocycles. The monoisotopic (exact) mass is 218 g/mol. The second kappa shape index (κ2) is 4.39. The first kappa shape index (κ1) is 10.7. The van der Waals surface area contributed by atoms with Gasteiger partial charge in [-0.1, -0.05) is 29.8 Å². The Morgan fingerprint density at radius 2 is 2.25 bits per heavy atom. The molecule has 0 radical (unpaired) electrons. The van der Waals surface area contributed by atoms with Crippen molar-refractivity contribution >= 4 is 5.97 Å². The number of cyclic esters (lactones) is 1. The Labute approximate surface area is 94.7 Å². The highest BCUT2D eigenvalue weighted by Crippen LogP contribution is 2.29. The van der Waals surface area contributed by atoms with Crippen LogP contribution in [0.2, 0.25) is 0 Å². The first-order valence-corrected chi connectivity index (χ1v) is 5.21. The summed E-state index contributed by atoms with van der Waals surface area (Å²) in [6.45, 7) is 2.02. The van der Waals surface area contributed by atoms with Crippen molar-refractivity contribution in [1.82, 2.24) is 0 Å². The molecule has 2 rings (SSSR count). The molecule has 1 aliphatic rings. The smallest absolute Gasteiger partial charge is 0.334 e. The predicted octanol–water partition coefficient (Wildman–Crippen LogP) is 2.51. The van der Waals surface area contributed by atoms with Crippen molar-refractivity contribution in [2.75, 3.05) is 7.11 Å². The van der Waals surface area contributed by atoms with Crippen LogP contribution in [0.3, 0.4) is 0 Å². The predicted molar refractivity (Wildman–Crippen MR) is 59.7 cm³/mol. The molecule has 3 heteroatoms. The van der Waals surface area contributed by atoms with Crippen molar-refractivity contribution in [3.63, 3.8) is 0 Å². The third-order valence-electron chi connectivity index (χ3n) is 2.60. The molecule has 0 spiro atoms. The molecule has 0 saturated heterocycles. The van der Waals surface area contributed by atoms with Crippen LogP contribution in [0.15, 0.2) is 36.1 Å². The van der Waals surface area contributed by atoms with Gasteiger partial charge in [-0.2, -0.15) is 0 Å². The summed E-state index contributed by atoms with van der Waals surface area (Å²) >= 11 is 0. The summed E-state index contributed by atoms with van der Waals surface area (Å²) in [6, 6.07) is 7.96. The summed E-state index contributed by atoms with van der Waals surface area (Å²) in [6.07, 6.45) is 1.77. The van der Waals surface area contributed by atoms with Crippen LogP contribution in [-0.2, 0) is 14.3 Å². The van der Waals surface area contributed by atoms with Crippen LogP contribution in [0.5, 0.6) is 0 Å². The number of aryl methyl sites for hydroxylation is 1. The van der Waals surface area contributed by atoms with E-state index in [2.05, 4.69) is 0 Å². The van der Waals surface area contributed by atoms with Crippen LogP contribution >= 0.6 is 0 Å². The highest BCUT2D eigenvalue weighted by molar-refractivity contribution is 5.83. The number of esters is 1. The second-order valence-electron chi connectivity index (χ2n) is 3.86. The van der Waals surface area contributed by atoms with E-state index in [1.54, 1.807) is 7.11 Å². The molecule has 3 nitrogen and oxygen atoms in total. The maximum absolute atomic E-state index is 11.3. The van der Waals surface area contributed by atoms with Gasteiger partial charge in [-0.3, -0.25) is 0 Å².